The summed E-state index contributed by atoms with van der Waals surface area (Å²) in [5.74, 6) is -1.78. The molecular formula is C19H25N3O5. The first-order chi connectivity index (χ1) is 12.7. The number of aryl methyl sites for hydroxylation is 1. The third-order valence-corrected chi connectivity index (χ3v) is 4.05. The number of nitrogens with one attached hydrogen (secondary N) is 1. The molecule has 0 aromatic carbocycles. The molecule has 0 saturated heterocycles. The zero-order valence-corrected chi connectivity index (χ0v) is 16.3. The molecule has 0 bridgehead atoms. The quantitative estimate of drug-likeness (QED) is 0.446. The highest BCUT2D eigenvalue weighted by Gasteiger charge is 2.22. The number of ether oxygens (including phenoxy) is 2. The number of nitriles is 1. The summed E-state index contributed by atoms with van der Waals surface area (Å²) in [5, 5.41) is 11.2. The fourth-order valence-corrected chi connectivity index (χ4v) is 2.46. The number of rotatable bonds is 7. The second-order valence-electron chi connectivity index (χ2n) is 6.03. The number of esters is 1. The second kappa shape index (κ2) is 10.2. The number of unbranched alkanes of at least 4 members (excludes halogenated alkanes) is 1. The zero-order chi connectivity index (χ0) is 20.6. The summed E-state index contributed by atoms with van der Waals surface area (Å²) in [6.45, 7) is 8.14. The van der Waals surface area contributed by atoms with Crippen molar-refractivity contribution in [2.75, 3.05) is 7.11 Å². The predicted molar refractivity (Wildman–Crippen MR) is 98.5 cm³/mol. The Balaban J connectivity index is 2.94. The van der Waals surface area contributed by atoms with E-state index in [0.29, 0.717) is 0 Å². The minimum Gasteiger partial charge on any atom is -0.453 e. The molecule has 1 atom stereocenters. The number of nitrogens with zero attached hydrogens (tertiary/aromatic N) is 2. The fourth-order valence-electron chi connectivity index (χ4n) is 2.46. The Morgan fingerprint density at radius 1 is 1.37 bits per heavy atom. The van der Waals surface area contributed by atoms with Crippen molar-refractivity contribution in [2.24, 2.45) is 0 Å². The standard InChI is InChI=1S/C19H25N3O5/c1-6-7-8-22-12(2)9-15(13(22)3)10-16(11-20)18(24)27-14(4)17(23)21-19(25)26-5/h9-10,14H,6-8H2,1-5H3,(H,21,23,25)/b16-10+/t14-/m0/s1. The van der Waals surface area contributed by atoms with E-state index in [-0.39, 0.29) is 5.57 Å². The lowest BCUT2D eigenvalue weighted by molar-refractivity contribution is -0.150. The molecule has 146 valence electrons. The third kappa shape index (κ3) is 5.99. The minimum atomic E-state index is -1.26. The van der Waals surface area contributed by atoms with Gasteiger partial charge in [0.05, 0.1) is 7.11 Å². The van der Waals surface area contributed by atoms with Crippen LogP contribution in [0, 0.1) is 25.2 Å². The van der Waals surface area contributed by atoms with Gasteiger partial charge in [-0.3, -0.25) is 10.1 Å². The van der Waals surface area contributed by atoms with Gasteiger partial charge in [-0.2, -0.15) is 5.26 Å². The van der Waals surface area contributed by atoms with Gasteiger partial charge in [-0.1, -0.05) is 13.3 Å². The molecule has 0 aliphatic carbocycles. The van der Waals surface area contributed by atoms with E-state index in [1.54, 1.807) is 6.07 Å². The van der Waals surface area contributed by atoms with Crippen LogP contribution in [0.4, 0.5) is 4.79 Å². The van der Waals surface area contributed by atoms with Crippen LogP contribution in [0.15, 0.2) is 11.6 Å². The van der Waals surface area contributed by atoms with Crippen LogP contribution in [0.25, 0.3) is 6.08 Å². The highest BCUT2D eigenvalue weighted by atomic mass is 16.6. The maximum absolute atomic E-state index is 12.2. The van der Waals surface area contributed by atoms with Crippen molar-refractivity contribution < 1.29 is 23.9 Å². The molecule has 1 heterocycles. The normalized spacial score (nSPS) is 12.1. The summed E-state index contributed by atoms with van der Waals surface area (Å²) in [6, 6.07) is 3.69. The number of alkyl carbamates (subject to hydrolysis) is 1. The van der Waals surface area contributed by atoms with E-state index < -0.39 is 24.1 Å². The van der Waals surface area contributed by atoms with Crippen LogP contribution in [-0.2, 0) is 25.6 Å². The fraction of sp³-hybridized carbons (Fsp3) is 0.474. The van der Waals surface area contributed by atoms with E-state index in [2.05, 4.69) is 16.2 Å². The van der Waals surface area contributed by atoms with Crippen molar-refractivity contribution >= 4 is 24.0 Å². The molecule has 1 aromatic rings. The molecule has 1 aromatic heterocycles. The number of aromatic nitrogens is 1. The Kier molecular flexibility index (Phi) is 8.27. The van der Waals surface area contributed by atoms with Crippen molar-refractivity contribution in [2.45, 2.75) is 53.2 Å². The van der Waals surface area contributed by atoms with E-state index in [4.69, 9.17) is 4.74 Å². The zero-order valence-electron chi connectivity index (χ0n) is 16.3. The van der Waals surface area contributed by atoms with Crippen LogP contribution in [0.3, 0.4) is 0 Å². The average molecular weight is 375 g/mol. The van der Waals surface area contributed by atoms with Gasteiger partial charge in [-0.15, -0.1) is 0 Å². The number of carbonyl (C=O) groups excluding carboxylic acids is 3. The van der Waals surface area contributed by atoms with Gasteiger partial charge >= 0.3 is 12.1 Å². The average Bonchev–Trinajstić information content (AvgIpc) is 2.90. The SMILES string of the molecule is CCCCn1c(C)cc(/C=C(\C#N)C(=O)O[C@@H](C)C(=O)NC(=O)OC)c1C. The molecule has 0 radical (unpaired) electrons. The van der Waals surface area contributed by atoms with Crippen LogP contribution < -0.4 is 5.32 Å². The molecule has 8 heteroatoms. The Morgan fingerprint density at radius 2 is 2.04 bits per heavy atom. The maximum atomic E-state index is 12.2. The van der Waals surface area contributed by atoms with Crippen LogP contribution in [0.1, 0.15) is 43.6 Å². The summed E-state index contributed by atoms with van der Waals surface area (Å²) in [7, 11) is 1.10. The Labute approximate surface area is 158 Å². The summed E-state index contributed by atoms with van der Waals surface area (Å²) in [5.41, 5.74) is 2.48. The molecular weight excluding hydrogens is 350 g/mol. The molecule has 0 fully saturated rings. The molecule has 1 N–H and O–H groups in total. The summed E-state index contributed by atoms with van der Waals surface area (Å²) >= 11 is 0. The van der Waals surface area contributed by atoms with E-state index in [0.717, 1.165) is 43.4 Å². The maximum Gasteiger partial charge on any atom is 0.413 e. The Morgan fingerprint density at radius 3 is 2.59 bits per heavy atom. The third-order valence-electron chi connectivity index (χ3n) is 4.05. The highest BCUT2D eigenvalue weighted by molar-refractivity contribution is 6.00. The predicted octanol–water partition coefficient (Wildman–Crippen LogP) is 2.63. The Bertz CT molecular complexity index is 786. The van der Waals surface area contributed by atoms with Crippen LogP contribution in [0.5, 0.6) is 0 Å². The van der Waals surface area contributed by atoms with Crippen molar-refractivity contribution in [3.63, 3.8) is 0 Å². The van der Waals surface area contributed by atoms with Crippen molar-refractivity contribution in [3.8, 4) is 6.07 Å². The van der Waals surface area contributed by atoms with E-state index in [1.165, 1.54) is 13.0 Å². The molecule has 0 aliphatic heterocycles. The second-order valence-corrected chi connectivity index (χ2v) is 6.03. The minimum absolute atomic E-state index is 0.233. The largest absolute Gasteiger partial charge is 0.453 e. The smallest absolute Gasteiger partial charge is 0.413 e. The molecule has 8 nitrogen and oxygen atoms in total. The highest BCUT2D eigenvalue weighted by Crippen LogP contribution is 2.19. The lowest BCUT2D eigenvalue weighted by atomic mass is 10.1. The Hall–Kier alpha value is -3.08. The van der Waals surface area contributed by atoms with Crippen molar-refractivity contribution in [1.29, 1.82) is 5.26 Å². The van der Waals surface area contributed by atoms with Gasteiger partial charge in [0.1, 0.15) is 11.6 Å². The first-order valence-corrected chi connectivity index (χ1v) is 8.63. The van der Waals surface area contributed by atoms with Crippen LogP contribution >= 0.6 is 0 Å². The van der Waals surface area contributed by atoms with Crippen molar-refractivity contribution in [1.82, 2.24) is 9.88 Å². The van der Waals surface area contributed by atoms with Gasteiger partial charge in [-0.05, 0) is 44.9 Å². The lowest BCUT2D eigenvalue weighted by Crippen LogP contribution is -2.39. The van der Waals surface area contributed by atoms with Gasteiger partial charge in [-0.25, -0.2) is 9.59 Å². The van der Waals surface area contributed by atoms with Crippen molar-refractivity contribution in [3.05, 3.63) is 28.6 Å². The van der Waals surface area contributed by atoms with Gasteiger partial charge in [0.25, 0.3) is 5.91 Å². The van der Waals surface area contributed by atoms with Gasteiger partial charge in [0.2, 0.25) is 0 Å². The van der Waals surface area contributed by atoms with Gasteiger partial charge < -0.3 is 14.0 Å². The first-order valence-electron chi connectivity index (χ1n) is 8.63. The van der Waals surface area contributed by atoms with E-state index in [1.807, 2.05) is 25.2 Å². The summed E-state index contributed by atoms with van der Waals surface area (Å²) < 4.78 is 11.4. The van der Waals surface area contributed by atoms with Crippen LogP contribution in [0.2, 0.25) is 0 Å². The van der Waals surface area contributed by atoms with Gasteiger partial charge in [0, 0.05) is 17.9 Å². The number of imide groups is 1. The number of methoxy groups -OCH3 is 1. The number of carbonyl (C=O) groups is 3. The lowest BCUT2D eigenvalue weighted by Gasteiger charge is -2.12. The topological polar surface area (TPSA) is 110 Å². The molecule has 0 aliphatic rings. The van der Waals surface area contributed by atoms with E-state index >= 15 is 0 Å². The van der Waals surface area contributed by atoms with E-state index in [9.17, 15) is 19.6 Å². The van der Waals surface area contributed by atoms with Gasteiger partial charge in [0.15, 0.2) is 6.10 Å². The molecule has 1 rings (SSSR count). The molecule has 0 saturated carbocycles. The number of amides is 2. The number of hydrogen-bond acceptors (Lipinski definition) is 6. The first kappa shape index (κ1) is 22.0. The monoisotopic (exact) mass is 375 g/mol. The number of hydrogen-bond donors (Lipinski definition) is 1. The summed E-state index contributed by atoms with van der Waals surface area (Å²) in [6.07, 6.45) is 1.31. The molecule has 0 spiro atoms. The molecule has 27 heavy (non-hydrogen) atoms. The molecule has 0 unspecified atom stereocenters. The molecule has 2 amide bonds. The summed E-state index contributed by atoms with van der Waals surface area (Å²) in [4.78, 5) is 35.0. The van der Waals surface area contributed by atoms with Crippen LogP contribution in [-0.4, -0.2) is 35.8 Å².